The van der Waals surface area contributed by atoms with Crippen LogP contribution in [0, 0.1) is 11.8 Å². The van der Waals surface area contributed by atoms with Crippen molar-refractivity contribution in [1.82, 2.24) is 4.90 Å². The van der Waals surface area contributed by atoms with Crippen molar-refractivity contribution in [2.75, 3.05) is 32.8 Å². The molecule has 0 spiro atoms. The van der Waals surface area contributed by atoms with Gasteiger partial charge < -0.3 is 15.4 Å². The molecule has 2 aliphatic rings. The summed E-state index contributed by atoms with van der Waals surface area (Å²) in [6, 6.07) is 0. The molecule has 1 atom stereocenters. The van der Waals surface area contributed by atoms with Crippen molar-refractivity contribution in [3.63, 3.8) is 0 Å². The molecule has 2 rings (SSSR count). The van der Waals surface area contributed by atoms with Crippen LogP contribution in [0.15, 0.2) is 4.99 Å². The lowest BCUT2D eigenvalue weighted by molar-refractivity contribution is 0.123. The zero-order chi connectivity index (χ0) is 12.8. The van der Waals surface area contributed by atoms with Gasteiger partial charge in [0.2, 0.25) is 0 Å². The number of hydrogen-bond acceptors (Lipinski definition) is 2. The number of hydrogen-bond donors (Lipinski definition) is 1. The van der Waals surface area contributed by atoms with Gasteiger partial charge in [0, 0.05) is 32.8 Å². The van der Waals surface area contributed by atoms with Crippen LogP contribution in [0.2, 0.25) is 0 Å². The first-order valence-electron chi connectivity index (χ1n) is 7.38. The summed E-state index contributed by atoms with van der Waals surface area (Å²) in [5.41, 5.74) is 6.02. The van der Waals surface area contributed by atoms with Gasteiger partial charge in [0.15, 0.2) is 5.96 Å². The Bertz CT molecular complexity index is 282. The third-order valence-electron chi connectivity index (χ3n) is 3.75. The first kappa shape index (κ1) is 17.0. The second kappa shape index (κ2) is 9.00. The van der Waals surface area contributed by atoms with Gasteiger partial charge in [0.25, 0.3) is 0 Å². The second-order valence-electron chi connectivity index (χ2n) is 5.81. The van der Waals surface area contributed by atoms with E-state index in [4.69, 9.17) is 10.5 Å². The van der Waals surface area contributed by atoms with E-state index < -0.39 is 0 Å². The summed E-state index contributed by atoms with van der Waals surface area (Å²) in [5, 5.41) is 0. The van der Waals surface area contributed by atoms with E-state index in [1.54, 1.807) is 0 Å². The number of aliphatic imine (C=N–C) groups is 1. The number of nitrogens with zero attached hydrogens (tertiary/aromatic N) is 2. The van der Waals surface area contributed by atoms with Crippen molar-refractivity contribution < 1.29 is 4.74 Å². The van der Waals surface area contributed by atoms with E-state index in [1.807, 2.05) is 0 Å². The highest BCUT2D eigenvalue weighted by molar-refractivity contribution is 14.0. The van der Waals surface area contributed by atoms with E-state index in [-0.39, 0.29) is 24.0 Å². The molecule has 1 unspecified atom stereocenters. The molecule has 0 radical (unpaired) electrons. The molecule has 0 aromatic rings. The predicted octanol–water partition coefficient (Wildman–Crippen LogP) is 2.47. The first-order valence-corrected chi connectivity index (χ1v) is 7.38. The Balaban J connectivity index is 0.00000180. The molecule has 1 aliphatic heterocycles. The first-order chi connectivity index (χ1) is 8.75. The van der Waals surface area contributed by atoms with Crippen LogP contribution < -0.4 is 5.73 Å². The molecule has 0 amide bonds. The molecule has 0 aromatic heterocycles. The van der Waals surface area contributed by atoms with Gasteiger partial charge in [-0.15, -0.1) is 24.0 Å². The van der Waals surface area contributed by atoms with Crippen LogP contribution >= 0.6 is 24.0 Å². The van der Waals surface area contributed by atoms with Crippen molar-refractivity contribution in [3.05, 3.63) is 0 Å². The van der Waals surface area contributed by atoms with Gasteiger partial charge in [0.1, 0.15) is 0 Å². The van der Waals surface area contributed by atoms with Crippen molar-refractivity contribution >= 4 is 29.9 Å². The molecule has 5 heteroatoms. The zero-order valence-electron chi connectivity index (χ0n) is 12.0. The predicted molar refractivity (Wildman–Crippen MR) is 90.0 cm³/mol. The molecule has 1 saturated carbocycles. The largest absolute Gasteiger partial charge is 0.381 e. The summed E-state index contributed by atoms with van der Waals surface area (Å²) in [6.45, 7) is 6.98. The molecular weight excluding hydrogens is 353 g/mol. The number of ether oxygens (including phenoxy) is 1. The Hall–Kier alpha value is -0.0400. The number of guanidine groups is 1. The fourth-order valence-electron chi connectivity index (χ4n) is 2.39. The minimum absolute atomic E-state index is 0. The maximum atomic E-state index is 6.02. The highest BCUT2D eigenvalue weighted by Crippen LogP contribution is 2.28. The summed E-state index contributed by atoms with van der Waals surface area (Å²) < 4.78 is 5.58. The Morgan fingerprint density at radius 2 is 2.16 bits per heavy atom. The van der Waals surface area contributed by atoms with E-state index in [9.17, 15) is 0 Å². The number of halogens is 1. The van der Waals surface area contributed by atoms with Crippen molar-refractivity contribution in [1.29, 1.82) is 0 Å². The quantitative estimate of drug-likeness (QED) is 0.333. The van der Waals surface area contributed by atoms with Crippen LogP contribution in [0.1, 0.15) is 39.0 Å². The molecule has 1 aliphatic carbocycles. The van der Waals surface area contributed by atoms with Crippen LogP contribution in [-0.2, 0) is 4.74 Å². The van der Waals surface area contributed by atoms with Crippen LogP contribution in [0.4, 0.5) is 0 Å². The van der Waals surface area contributed by atoms with Crippen LogP contribution in [0.5, 0.6) is 0 Å². The lowest BCUT2D eigenvalue weighted by Crippen LogP contribution is -2.43. The Morgan fingerprint density at radius 3 is 2.84 bits per heavy atom. The van der Waals surface area contributed by atoms with E-state index in [0.29, 0.717) is 0 Å². The summed E-state index contributed by atoms with van der Waals surface area (Å²) in [6.07, 6.45) is 6.26. The number of nitrogens with two attached hydrogens (primary N) is 1. The standard InChI is InChI=1S/C14H27N3O.HI/c1-12-4-2-8-17(10-12)14(15)16-7-3-9-18-11-13-5-6-13;/h12-13H,2-11H2,1H3,(H2,15,16);1H. The zero-order valence-corrected chi connectivity index (χ0v) is 14.3. The normalized spacial score (nSPS) is 24.2. The van der Waals surface area contributed by atoms with Crippen molar-refractivity contribution in [2.24, 2.45) is 22.6 Å². The third kappa shape index (κ3) is 6.79. The fraction of sp³-hybridized carbons (Fsp3) is 0.929. The summed E-state index contributed by atoms with van der Waals surface area (Å²) >= 11 is 0. The third-order valence-corrected chi connectivity index (χ3v) is 3.75. The molecule has 2 fully saturated rings. The van der Waals surface area contributed by atoms with E-state index in [1.165, 1.54) is 25.7 Å². The van der Waals surface area contributed by atoms with Crippen molar-refractivity contribution in [3.8, 4) is 0 Å². The Morgan fingerprint density at radius 1 is 1.37 bits per heavy atom. The van der Waals surface area contributed by atoms with Crippen molar-refractivity contribution in [2.45, 2.75) is 39.0 Å². The molecule has 0 bridgehead atoms. The van der Waals surface area contributed by atoms with Gasteiger partial charge in [0.05, 0.1) is 0 Å². The topological polar surface area (TPSA) is 50.8 Å². The molecule has 0 aromatic carbocycles. The van der Waals surface area contributed by atoms with Crippen LogP contribution in [-0.4, -0.2) is 43.7 Å². The molecular formula is C14H28IN3O. The minimum Gasteiger partial charge on any atom is -0.381 e. The smallest absolute Gasteiger partial charge is 0.191 e. The lowest BCUT2D eigenvalue weighted by atomic mass is 10.0. The van der Waals surface area contributed by atoms with Gasteiger partial charge >= 0.3 is 0 Å². The summed E-state index contributed by atoms with van der Waals surface area (Å²) in [7, 11) is 0. The Kier molecular flexibility index (Phi) is 8.06. The monoisotopic (exact) mass is 381 g/mol. The Labute approximate surface area is 134 Å². The highest BCUT2D eigenvalue weighted by atomic mass is 127. The summed E-state index contributed by atoms with van der Waals surface area (Å²) in [5.74, 6) is 2.33. The highest BCUT2D eigenvalue weighted by Gasteiger charge is 2.20. The van der Waals surface area contributed by atoms with Crippen LogP contribution in [0.3, 0.4) is 0 Å². The summed E-state index contributed by atoms with van der Waals surface area (Å²) in [4.78, 5) is 6.68. The van der Waals surface area contributed by atoms with Crippen LogP contribution in [0.25, 0.3) is 0 Å². The molecule has 19 heavy (non-hydrogen) atoms. The number of rotatable bonds is 6. The molecule has 1 heterocycles. The maximum absolute atomic E-state index is 6.02. The molecule has 1 saturated heterocycles. The van der Waals surface area contributed by atoms with E-state index in [0.717, 1.165) is 57.1 Å². The average molecular weight is 381 g/mol. The lowest BCUT2D eigenvalue weighted by Gasteiger charge is -2.31. The maximum Gasteiger partial charge on any atom is 0.191 e. The van der Waals surface area contributed by atoms with Gasteiger partial charge in [-0.25, -0.2) is 0 Å². The van der Waals surface area contributed by atoms with E-state index >= 15 is 0 Å². The number of likely N-dealkylation sites (tertiary alicyclic amines) is 1. The second-order valence-corrected chi connectivity index (χ2v) is 5.81. The SMILES string of the molecule is CC1CCCN(C(N)=NCCCOCC2CC2)C1.I. The fourth-order valence-corrected chi connectivity index (χ4v) is 2.39. The van der Waals surface area contributed by atoms with Gasteiger partial charge in [-0.3, -0.25) is 4.99 Å². The van der Waals surface area contributed by atoms with E-state index in [2.05, 4.69) is 16.8 Å². The number of piperidine rings is 1. The minimum atomic E-state index is 0. The van der Waals surface area contributed by atoms with Gasteiger partial charge in [-0.05, 0) is 43.9 Å². The van der Waals surface area contributed by atoms with Gasteiger partial charge in [-0.2, -0.15) is 0 Å². The molecule has 112 valence electrons. The van der Waals surface area contributed by atoms with Gasteiger partial charge in [-0.1, -0.05) is 6.92 Å². The molecule has 2 N–H and O–H groups in total. The average Bonchev–Trinajstić information content (AvgIpc) is 3.17. The molecule has 4 nitrogen and oxygen atoms in total.